The second kappa shape index (κ2) is 19.5. The second-order valence-corrected chi connectivity index (χ2v) is 12.1. The molecule has 1 heterocycles. The van der Waals surface area contributed by atoms with E-state index in [1.54, 1.807) is 12.1 Å². The number of halogens is 1. The molecule has 4 nitrogen and oxygen atoms in total. The van der Waals surface area contributed by atoms with Gasteiger partial charge in [-0.1, -0.05) is 88.8 Å². The first-order chi connectivity index (χ1) is 16.8. The van der Waals surface area contributed by atoms with Crippen molar-refractivity contribution in [1.82, 2.24) is 0 Å². The van der Waals surface area contributed by atoms with Crippen molar-refractivity contribution in [3.05, 3.63) is 29.8 Å². The molecule has 0 unspecified atom stereocenters. The van der Waals surface area contributed by atoms with E-state index >= 15 is 0 Å². The fourth-order valence-corrected chi connectivity index (χ4v) is 5.49. The van der Waals surface area contributed by atoms with E-state index in [2.05, 4.69) is 39.4 Å². The van der Waals surface area contributed by atoms with Crippen LogP contribution in [0.25, 0.3) is 0 Å². The molecule has 0 atom stereocenters. The standard InChI is InChI=1S/C22H41IN.C7H8O3S/c1-2-3-4-5-6-7-8-9-10-11-12-14-19-24(22-17-18-23)20-15-13-16-21-24;1-6-2-4-7(5-3-6)11(8,9)10/h2-16,19-22H2,1H3;2-5H,1H3,(H,8,9,10)/q+1;. The molecule has 1 saturated heterocycles. The maximum Gasteiger partial charge on any atom is 0.294 e. The zero-order chi connectivity index (χ0) is 25.8. The van der Waals surface area contributed by atoms with Crippen LogP contribution in [0.4, 0.5) is 0 Å². The van der Waals surface area contributed by atoms with Crippen LogP contribution < -0.4 is 0 Å². The Kier molecular flexibility index (Phi) is 18.0. The molecule has 35 heavy (non-hydrogen) atoms. The van der Waals surface area contributed by atoms with E-state index < -0.39 is 10.1 Å². The summed E-state index contributed by atoms with van der Waals surface area (Å²) in [7, 11) is -4.02. The lowest BCUT2D eigenvalue weighted by molar-refractivity contribution is -0.926. The van der Waals surface area contributed by atoms with E-state index in [1.165, 1.54) is 133 Å². The van der Waals surface area contributed by atoms with Gasteiger partial charge in [0.05, 0.1) is 24.5 Å². The summed E-state index contributed by atoms with van der Waals surface area (Å²) in [5.74, 6) is 3.36. The second-order valence-electron chi connectivity index (χ2n) is 10.2. The van der Waals surface area contributed by atoms with Gasteiger partial charge in [-0.3, -0.25) is 4.55 Å². The van der Waals surface area contributed by atoms with Gasteiger partial charge in [-0.15, -0.1) is 0 Å². The lowest BCUT2D eigenvalue weighted by atomic mass is 10.0. The summed E-state index contributed by atoms with van der Waals surface area (Å²) in [6.45, 7) is 9.37. The zero-order valence-electron chi connectivity index (χ0n) is 22.2. The largest absolute Gasteiger partial charge is 0.313 e. The fourth-order valence-electron chi connectivity index (χ4n) is 4.84. The van der Waals surface area contributed by atoms with Gasteiger partial charge in [0.2, 0.25) is 0 Å². The third-order valence-electron chi connectivity index (χ3n) is 7.05. The highest BCUT2D eigenvalue weighted by Gasteiger charge is 2.28. The van der Waals surface area contributed by atoms with Gasteiger partial charge in [0.15, 0.2) is 0 Å². The zero-order valence-corrected chi connectivity index (χ0v) is 25.2. The first kappa shape index (κ1) is 32.4. The Hall–Kier alpha value is -0.620. The molecule has 1 aromatic rings. The van der Waals surface area contributed by atoms with Gasteiger partial charge in [-0.05, 0) is 61.0 Å². The Morgan fingerprint density at radius 3 is 1.77 bits per heavy atom. The Morgan fingerprint density at radius 2 is 1.31 bits per heavy atom. The van der Waals surface area contributed by atoms with Crippen LogP contribution in [0.5, 0.6) is 0 Å². The van der Waals surface area contributed by atoms with E-state index in [-0.39, 0.29) is 4.90 Å². The Morgan fingerprint density at radius 1 is 0.829 bits per heavy atom. The number of likely N-dealkylation sites (tertiary alicyclic amines) is 1. The van der Waals surface area contributed by atoms with Crippen molar-refractivity contribution >= 4 is 32.7 Å². The van der Waals surface area contributed by atoms with Gasteiger partial charge in [-0.2, -0.15) is 8.42 Å². The van der Waals surface area contributed by atoms with Crippen molar-refractivity contribution in [1.29, 1.82) is 0 Å². The monoisotopic (exact) mass is 618 g/mol. The maximum atomic E-state index is 10.5. The summed E-state index contributed by atoms with van der Waals surface area (Å²) >= 11 is 2.20. The number of hydrogen-bond acceptors (Lipinski definition) is 2. The molecule has 2 rings (SSSR count). The third kappa shape index (κ3) is 16.0. The SMILES string of the molecule is CCCCCCCCCCCCCC[N+]1(CC#CI)CCCCC1.Cc1ccc(S(=O)(=O)O)cc1. The minimum Gasteiger partial charge on any atom is -0.313 e. The van der Waals surface area contributed by atoms with Gasteiger partial charge >= 0.3 is 0 Å². The number of aryl methyl sites for hydroxylation is 1. The Balaban J connectivity index is 0.000000462. The summed E-state index contributed by atoms with van der Waals surface area (Å²) in [6.07, 6.45) is 21.6. The molecule has 0 amide bonds. The number of hydrogen-bond donors (Lipinski definition) is 1. The molecule has 1 aromatic carbocycles. The van der Waals surface area contributed by atoms with Crippen molar-refractivity contribution in [3.63, 3.8) is 0 Å². The van der Waals surface area contributed by atoms with Crippen LogP contribution in [0.1, 0.15) is 109 Å². The predicted octanol–water partition coefficient (Wildman–Crippen LogP) is 8.33. The van der Waals surface area contributed by atoms with E-state index in [9.17, 15) is 8.42 Å². The van der Waals surface area contributed by atoms with Crippen LogP contribution in [0.15, 0.2) is 29.2 Å². The van der Waals surface area contributed by atoms with Crippen LogP contribution in [0, 0.1) is 16.8 Å². The van der Waals surface area contributed by atoms with Crippen molar-refractivity contribution in [2.24, 2.45) is 0 Å². The lowest BCUT2D eigenvalue weighted by Crippen LogP contribution is -2.52. The third-order valence-corrected chi connectivity index (χ3v) is 8.30. The molecular formula is C29H49INO3S+. The van der Waals surface area contributed by atoms with E-state index in [1.807, 2.05) is 6.92 Å². The smallest absolute Gasteiger partial charge is 0.294 e. The highest BCUT2D eigenvalue weighted by atomic mass is 127. The average Bonchev–Trinajstić information content (AvgIpc) is 2.84. The summed E-state index contributed by atoms with van der Waals surface area (Å²) < 4.78 is 33.9. The number of benzene rings is 1. The van der Waals surface area contributed by atoms with Crippen molar-refractivity contribution in [2.75, 3.05) is 26.2 Å². The number of unbranched alkanes of at least 4 members (excludes halogenated alkanes) is 11. The highest BCUT2D eigenvalue weighted by Crippen LogP contribution is 2.20. The topological polar surface area (TPSA) is 54.4 Å². The summed E-state index contributed by atoms with van der Waals surface area (Å²) in [5.41, 5.74) is 0.956. The number of rotatable bonds is 15. The molecule has 0 saturated carbocycles. The number of nitrogens with zero attached hydrogens (tertiary/aromatic N) is 1. The highest BCUT2D eigenvalue weighted by molar-refractivity contribution is 14.1. The van der Waals surface area contributed by atoms with Crippen molar-refractivity contribution < 1.29 is 17.5 Å². The minimum absolute atomic E-state index is 0.0666. The quantitative estimate of drug-likeness (QED) is 0.0707. The summed E-state index contributed by atoms with van der Waals surface area (Å²) in [6, 6.07) is 5.99. The average molecular weight is 619 g/mol. The molecule has 1 aliphatic heterocycles. The first-order valence-corrected chi connectivity index (χ1v) is 16.3. The predicted molar refractivity (Wildman–Crippen MR) is 157 cm³/mol. The molecule has 6 heteroatoms. The molecule has 1 aliphatic rings. The van der Waals surface area contributed by atoms with Crippen molar-refractivity contribution in [3.8, 4) is 9.85 Å². The van der Waals surface area contributed by atoms with Crippen LogP contribution >= 0.6 is 22.6 Å². The summed E-state index contributed by atoms with van der Waals surface area (Å²) in [5, 5.41) is 0. The van der Waals surface area contributed by atoms with Crippen LogP contribution in [0.3, 0.4) is 0 Å². The van der Waals surface area contributed by atoms with Gasteiger partial charge in [0.1, 0.15) is 6.54 Å². The van der Waals surface area contributed by atoms with Gasteiger partial charge in [0.25, 0.3) is 10.1 Å². The first-order valence-electron chi connectivity index (χ1n) is 13.8. The maximum absolute atomic E-state index is 10.5. The minimum atomic E-state index is -4.02. The molecule has 0 bridgehead atoms. The lowest BCUT2D eigenvalue weighted by Gasteiger charge is -2.40. The van der Waals surface area contributed by atoms with E-state index in [0.29, 0.717) is 0 Å². The Labute approximate surface area is 230 Å². The summed E-state index contributed by atoms with van der Waals surface area (Å²) in [4.78, 5) is -0.0666. The molecule has 0 aromatic heterocycles. The molecule has 0 spiro atoms. The van der Waals surface area contributed by atoms with Gasteiger partial charge in [0, 0.05) is 22.6 Å². The normalized spacial score (nSPS) is 15.0. The van der Waals surface area contributed by atoms with E-state index in [0.717, 1.165) is 12.1 Å². The molecular weight excluding hydrogens is 569 g/mol. The van der Waals surface area contributed by atoms with Crippen LogP contribution in [-0.4, -0.2) is 43.6 Å². The molecule has 1 fully saturated rings. The van der Waals surface area contributed by atoms with E-state index in [4.69, 9.17) is 4.55 Å². The van der Waals surface area contributed by atoms with Gasteiger partial charge < -0.3 is 4.48 Å². The van der Waals surface area contributed by atoms with Gasteiger partial charge in [-0.25, -0.2) is 0 Å². The molecule has 200 valence electrons. The molecule has 0 radical (unpaired) electrons. The molecule has 1 N–H and O–H groups in total. The van der Waals surface area contributed by atoms with Crippen LogP contribution in [-0.2, 0) is 10.1 Å². The molecule has 0 aliphatic carbocycles. The number of quaternary nitrogens is 1. The Bertz CT molecular complexity index is 822. The number of piperidine rings is 1. The van der Waals surface area contributed by atoms with Crippen LogP contribution in [0.2, 0.25) is 0 Å². The fraction of sp³-hybridized carbons (Fsp3) is 0.724. The van der Waals surface area contributed by atoms with Crippen molar-refractivity contribution in [2.45, 2.75) is 115 Å².